The van der Waals surface area contributed by atoms with E-state index in [1.54, 1.807) is 12.2 Å². The van der Waals surface area contributed by atoms with Gasteiger partial charge in [0.2, 0.25) is 0 Å². The van der Waals surface area contributed by atoms with Crippen LogP contribution >= 0.6 is 0 Å². The maximum absolute atomic E-state index is 11.0. The van der Waals surface area contributed by atoms with Crippen LogP contribution in [0.15, 0.2) is 12.2 Å². The van der Waals surface area contributed by atoms with E-state index in [-0.39, 0.29) is 13.2 Å². The molecule has 0 fully saturated rings. The predicted molar refractivity (Wildman–Crippen MR) is 55.0 cm³/mol. The second kappa shape index (κ2) is 7.85. The molecule has 17 heavy (non-hydrogen) atoms. The molecule has 3 N–H and O–H groups in total. The molecule has 0 aromatic carbocycles. The molecule has 0 aromatic rings. The maximum Gasteiger partial charge on any atom is 0.328 e. The van der Waals surface area contributed by atoms with Gasteiger partial charge in [-0.15, -0.1) is 0 Å². The highest BCUT2D eigenvalue weighted by atomic mass is 16.5. The Morgan fingerprint density at radius 2 is 1.88 bits per heavy atom. The topological polar surface area (TPSA) is 122 Å². The number of urea groups is 1. The van der Waals surface area contributed by atoms with Gasteiger partial charge >= 0.3 is 18.0 Å². The number of carbonyl (C=O) groups excluding carboxylic acids is 3. The molecule has 0 aromatic heterocycles. The average Bonchev–Trinajstić information content (AvgIpc) is 2.24. The summed E-state index contributed by atoms with van der Waals surface area (Å²) in [5.74, 6) is -2.86. The van der Waals surface area contributed by atoms with E-state index < -0.39 is 23.9 Å². The fourth-order valence-electron chi connectivity index (χ4n) is 0.709. The SMILES string of the molecule is CCOC(=O)CNC(=O)NC(=O)/C=C/C(=O)O. The number of carboxylic acid groups (broad SMARTS) is 1. The van der Waals surface area contributed by atoms with Crippen LogP contribution in [0, 0.1) is 0 Å². The van der Waals surface area contributed by atoms with Gasteiger partial charge in [-0.05, 0) is 6.92 Å². The third-order valence-corrected chi connectivity index (χ3v) is 1.31. The number of carboxylic acids is 1. The Labute approximate surface area is 96.6 Å². The first-order valence-corrected chi connectivity index (χ1v) is 4.61. The highest BCUT2D eigenvalue weighted by molar-refractivity contribution is 6.02. The molecular weight excluding hydrogens is 232 g/mol. The number of rotatable bonds is 5. The first-order chi connectivity index (χ1) is 7.95. The van der Waals surface area contributed by atoms with Crippen molar-refractivity contribution in [3.05, 3.63) is 12.2 Å². The molecule has 0 aliphatic rings. The Morgan fingerprint density at radius 1 is 1.24 bits per heavy atom. The fraction of sp³-hybridized carbons (Fsp3) is 0.333. The number of carbonyl (C=O) groups is 4. The van der Waals surface area contributed by atoms with Crippen molar-refractivity contribution in [1.29, 1.82) is 0 Å². The minimum absolute atomic E-state index is 0.183. The van der Waals surface area contributed by atoms with Crippen molar-refractivity contribution in [1.82, 2.24) is 10.6 Å². The second-order valence-electron chi connectivity index (χ2n) is 2.65. The second-order valence-corrected chi connectivity index (χ2v) is 2.65. The van der Waals surface area contributed by atoms with Crippen LogP contribution in [0.1, 0.15) is 6.92 Å². The van der Waals surface area contributed by atoms with Gasteiger partial charge in [0, 0.05) is 12.2 Å². The van der Waals surface area contributed by atoms with Crippen molar-refractivity contribution in [2.24, 2.45) is 0 Å². The van der Waals surface area contributed by atoms with Crippen molar-refractivity contribution in [2.45, 2.75) is 6.92 Å². The lowest BCUT2D eigenvalue weighted by Crippen LogP contribution is -2.41. The molecule has 8 heteroatoms. The number of nitrogens with one attached hydrogen (secondary N) is 2. The lowest BCUT2D eigenvalue weighted by atomic mass is 10.5. The summed E-state index contributed by atoms with van der Waals surface area (Å²) < 4.78 is 4.52. The van der Waals surface area contributed by atoms with Gasteiger partial charge < -0.3 is 15.2 Å². The molecule has 0 saturated carbocycles. The molecule has 0 saturated heterocycles. The molecule has 3 amide bonds. The standard InChI is InChI=1S/C9H12N2O6/c1-2-17-8(15)5-10-9(16)11-6(12)3-4-7(13)14/h3-4H,2,5H2,1H3,(H,13,14)(H2,10,11,12,16)/b4-3+. The third-order valence-electron chi connectivity index (χ3n) is 1.31. The van der Waals surface area contributed by atoms with Crippen LogP contribution < -0.4 is 10.6 Å². The highest BCUT2D eigenvalue weighted by Crippen LogP contribution is 1.77. The summed E-state index contributed by atoms with van der Waals surface area (Å²) >= 11 is 0. The third kappa shape index (κ3) is 8.60. The van der Waals surface area contributed by atoms with Gasteiger partial charge in [0.1, 0.15) is 6.54 Å². The van der Waals surface area contributed by atoms with E-state index >= 15 is 0 Å². The smallest absolute Gasteiger partial charge is 0.328 e. The summed E-state index contributed by atoms with van der Waals surface area (Å²) in [5.41, 5.74) is 0. The van der Waals surface area contributed by atoms with Crippen LogP contribution in [0.4, 0.5) is 4.79 Å². The van der Waals surface area contributed by atoms with Crippen molar-refractivity contribution in [3.8, 4) is 0 Å². The summed E-state index contributed by atoms with van der Waals surface area (Å²) in [7, 11) is 0. The van der Waals surface area contributed by atoms with Crippen molar-refractivity contribution in [3.63, 3.8) is 0 Å². The first-order valence-electron chi connectivity index (χ1n) is 4.61. The van der Waals surface area contributed by atoms with Gasteiger partial charge in [0.05, 0.1) is 6.61 Å². The quantitative estimate of drug-likeness (QED) is 0.422. The van der Waals surface area contributed by atoms with E-state index in [1.807, 2.05) is 0 Å². The zero-order chi connectivity index (χ0) is 13.3. The van der Waals surface area contributed by atoms with E-state index in [0.29, 0.717) is 12.2 Å². The number of esters is 1. The van der Waals surface area contributed by atoms with E-state index in [9.17, 15) is 19.2 Å². The highest BCUT2D eigenvalue weighted by Gasteiger charge is 2.07. The van der Waals surface area contributed by atoms with E-state index in [0.717, 1.165) is 0 Å². The maximum atomic E-state index is 11.0. The number of amides is 3. The van der Waals surface area contributed by atoms with E-state index in [2.05, 4.69) is 10.1 Å². The van der Waals surface area contributed by atoms with E-state index in [4.69, 9.17) is 5.11 Å². The monoisotopic (exact) mass is 244 g/mol. The predicted octanol–water partition coefficient (Wildman–Crippen LogP) is -0.984. The van der Waals surface area contributed by atoms with Crippen molar-refractivity contribution >= 4 is 23.9 Å². The number of hydrogen-bond donors (Lipinski definition) is 3. The van der Waals surface area contributed by atoms with Crippen LogP contribution in [0.25, 0.3) is 0 Å². The van der Waals surface area contributed by atoms with Gasteiger partial charge in [-0.1, -0.05) is 0 Å². The number of hydrogen-bond acceptors (Lipinski definition) is 5. The summed E-state index contributed by atoms with van der Waals surface area (Å²) in [4.78, 5) is 42.7. The summed E-state index contributed by atoms with van der Waals surface area (Å²) in [6.45, 7) is 1.41. The van der Waals surface area contributed by atoms with Gasteiger partial charge in [0.25, 0.3) is 5.91 Å². The molecule has 8 nitrogen and oxygen atoms in total. The average molecular weight is 244 g/mol. The first kappa shape index (κ1) is 14.6. The van der Waals surface area contributed by atoms with Gasteiger partial charge in [-0.3, -0.25) is 14.9 Å². The number of aliphatic carboxylic acids is 1. The molecule has 0 radical (unpaired) electrons. The summed E-state index contributed by atoms with van der Waals surface area (Å²) in [6.07, 6.45) is 1.25. The lowest BCUT2D eigenvalue weighted by molar-refractivity contribution is -0.141. The van der Waals surface area contributed by atoms with E-state index in [1.165, 1.54) is 0 Å². The van der Waals surface area contributed by atoms with Crippen LogP contribution in [0.3, 0.4) is 0 Å². The summed E-state index contributed by atoms with van der Waals surface area (Å²) in [5, 5.41) is 12.0. The molecule has 0 bridgehead atoms. The van der Waals surface area contributed by atoms with Gasteiger partial charge in [-0.2, -0.15) is 0 Å². The van der Waals surface area contributed by atoms with Crippen molar-refractivity contribution < 1.29 is 29.0 Å². The van der Waals surface area contributed by atoms with Crippen LogP contribution in [-0.4, -0.2) is 42.1 Å². The molecule has 94 valence electrons. The van der Waals surface area contributed by atoms with Crippen LogP contribution in [0.2, 0.25) is 0 Å². The molecule has 0 spiro atoms. The Morgan fingerprint density at radius 3 is 2.41 bits per heavy atom. The summed E-state index contributed by atoms with van der Waals surface area (Å²) in [6, 6.07) is -0.918. The Hall–Kier alpha value is -2.38. The molecular formula is C9H12N2O6. The van der Waals surface area contributed by atoms with Crippen molar-refractivity contribution in [2.75, 3.05) is 13.2 Å². The normalized spacial score (nSPS) is 9.71. The minimum Gasteiger partial charge on any atom is -0.478 e. The van der Waals surface area contributed by atoms with Crippen LogP contribution in [-0.2, 0) is 19.1 Å². The zero-order valence-electron chi connectivity index (χ0n) is 9.06. The molecule has 0 heterocycles. The Kier molecular flexibility index (Phi) is 6.75. The fourth-order valence-corrected chi connectivity index (χ4v) is 0.709. The van der Waals surface area contributed by atoms with Crippen LogP contribution in [0.5, 0.6) is 0 Å². The number of ether oxygens (including phenoxy) is 1. The molecule has 0 aliphatic heterocycles. The lowest BCUT2D eigenvalue weighted by Gasteiger charge is -2.04. The van der Waals surface area contributed by atoms with Gasteiger partial charge in [-0.25, -0.2) is 9.59 Å². The molecule has 0 unspecified atom stereocenters. The molecule has 0 aliphatic carbocycles. The number of imide groups is 1. The molecule has 0 rings (SSSR count). The Bertz CT molecular complexity index is 349. The van der Waals surface area contributed by atoms with Gasteiger partial charge in [0.15, 0.2) is 0 Å². The zero-order valence-corrected chi connectivity index (χ0v) is 9.06. The Balaban J connectivity index is 3.90. The minimum atomic E-state index is -1.31. The largest absolute Gasteiger partial charge is 0.478 e. The molecule has 0 atom stereocenters.